The van der Waals surface area contributed by atoms with Crippen molar-refractivity contribution in [1.29, 1.82) is 0 Å². The van der Waals surface area contributed by atoms with Crippen LogP contribution in [-0.4, -0.2) is 47.5 Å². The summed E-state index contributed by atoms with van der Waals surface area (Å²) in [5, 5.41) is 2.88. The number of benzene rings is 1. The van der Waals surface area contributed by atoms with Crippen molar-refractivity contribution in [3.8, 4) is 0 Å². The molecule has 1 aromatic carbocycles. The molecule has 1 aliphatic heterocycles. The van der Waals surface area contributed by atoms with Crippen LogP contribution in [0.2, 0.25) is 0 Å². The van der Waals surface area contributed by atoms with Gasteiger partial charge in [0.25, 0.3) is 0 Å². The zero-order valence-electron chi connectivity index (χ0n) is 12.6. The van der Waals surface area contributed by atoms with E-state index in [4.69, 9.17) is 0 Å². The Morgan fingerprint density at radius 2 is 1.91 bits per heavy atom. The fourth-order valence-electron chi connectivity index (χ4n) is 2.74. The second kappa shape index (κ2) is 6.58. The number of amides is 2. The van der Waals surface area contributed by atoms with Gasteiger partial charge in [-0.2, -0.15) is 0 Å². The van der Waals surface area contributed by atoms with Gasteiger partial charge in [0.2, 0.25) is 0 Å². The highest BCUT2D eigenvalue weighted by Crippen LogP contribution is 2.25. The summed E-state index contributed by atoms with van der Waals surface area (Å²) in [6.45, 7) is 2.41. The van der Waals surface area contributed by atoms with Crippen LogP contribution in [0, 0.1) is 0 Å². The van der Waals surface area contributed by atoms with Gasteiger partial charge in [0, 0.05) is 25.8 Å². The molecule has 22 heavy (non-hydrogen) atoms. The number of hydrogen-bond donors (Lipinski definition) is 1. The van der Waals surface area contributed by atoms with Crippen molar-refractivity contribution in [3.63, 3.8) is 0 Å². The molecule has 0 spiro atoms. The Morgan fingerprint density at radius 1 is 1.14 bits per heavy atom. The highest BCUT2D eigenvalue weighted by Gasteiger charge is 2.30. The fourth-order valence-corrected chi connectivity index (χ4v) is 2.74. The lowest BCUT2D eigenvalue weighted by molar-refractivity contribution is 0.116. The van der Waals surface area contributed by atoms with Gasteiger partial charge in [0.1, 0.15) is 5.82 Å². The largest absolute Gasteiger partial charge is 0.323 e. The number of nitrogens with zero attached hydrogens (tertiary/aromatic N) is 3. The van der Waals surface area contributed by atoms with E-state index in [0.717, 1.165) is 18.7 Å². The average Bonchev–Trinajstić information content (AvgIpc) is 2.56. The van der Waals surface area contributed by atoms with Gasteiger partial charge in [-0.05, 0) is 24.7 Å². The summed E-state index contributed by atoms with van der Waals surface area (Å²) in [5.41, 5.74) is 1.16. The zero-order valence-corrected chi connectivity index (χ0v) is 12.6. The molecule has 1 aromatic heterocycles. The predicted molar refractivity (Wildman–Crippen MR) is 86.6 cm³/mol. The molecular weight excluding hydrogens is 276 g/mol. The molecule has 5 nitrogen and oxygen atoms in total. The SMILES string of the molecule is CN1CCN(C(=O)Nc2ccccn2)[C@H](c2ccccc2)C1. The number of carbonyl (C=O) groups is 1. The van der Waals surface area contributed by atoms with Crippen molar-refractivity contribution in [1.82, 2.24) is 14.8 Å². The van der Waals surface area contributed by atoms with E-state index in [0.29, 0.717) is 12.4 Å². The van der Waals surface area contributed by atoms with Gasteiger partial charge in [-0.1, -0.05) is 36.4 Å². The van der Waals surface area contributed by atoms with Crippen LogP contribution in [0.25, 0.3) is 0 Å². The molecule has 1 aliphatic rings. The van der Waals surface area contributed by atoms with E-state index in [1.807, 2.05) is 35.2 Å². The minimum Gasteiger partial charge on any atom is -0.315 e. The van der Waals surface area contributed by atoms with E-state index in [9.17, 15) is 4.79 Å². The van der Waals surface area contributed by atoms with Crippen molar-refractivity contribution in [2.24, 2.45) is 0 Å². The number of nitrogens with one attached hydrogen (secondary N) is 1. The van der Waals surface area contributed by atoms with E-state index in [1.165, 1.54) is 0 Å². The Labute approximate surface area is 130 Å². The van der Waals surface area contributed by atoms with E-state index in [1.54, 1.807) is 12.3 Å². The van der Waals surface area contributed by atoms with E-state index >= 15 is 0 Å². The van der Waals surface area contributed by atoms with Crippen LogP contribution in [0.15, 0.2) is 54.7 Å². The van der Waals surface area contributed by atoms with E-state index in [-0.39, 0.29) is 12.1 Å². The Hall–Kier alpha value is -2.40. The number of anilines is 1. The number of urea groups is 1. The maximum atomic E-state index is 12.6. The molecule has 2 aromatic rings. The number of rotatable bonds is 2. The van der Waals surface area contributed by atoms with Gasteiger partial charge < -0.3 is 9.80 Å². The third-order valence-corrected chi connectivity index (χ3v) is 3.93. The van der Waals surface area contributed by atoms with Gasteiger partial charge in [-0.3, -0.25) is 5.32 Å². The standard InChI is InChI=1S/C17H20N4O/c1-20-11-12-21(15(13-20)14-7-3-2-4-8-14)17(22)19-16-9-5-6-10-18-16/h2-10,15H,11-13H2,1H3,(H,18,19,22)/t15-/m0/s1. The molecule has 1 fully saturated rings. The smallest absolute Gasteiger partial charge is 0.315 e. The van der Waals surface area contributed by atoms with Crippen LogP contribution in [-0.2, 0) is 0 Å². The summed E-state index contributed by atoms with van der Waals surface area (Å²) in [5.74, 6) is 0.582. The molecule has 114 valence electrons. The molecule has 2 amide bonds. The molecular formula is C17H20N4O. The highest BCUT2D eigenvalue weighted by molar-refractivity contribution is 5.88. The van der Waals surface area contributed by atoms with Crippen molar-refractivity contribution < 1.29 is 4.79 Å². The molecule has 2 heterocycles. The van der Waals surface area contributed by atoms with Crippen LogP contribution in [0.4, 0.5) is 10.6 Å². The molecule has 0 saturated carbocycles. The number of carbonyl (C=O) groups excluding carboxylic acids is 1. The summed E-state index contributed by atoms with van der Waals surface area (Å²) >= 11 is 0. The lowest BCUT2D eigenvalue weighted by atomic mass is 10.0. The maximum Gasteiger partial charge on any atom is 0.323 e. The minimum absolute atomic E-state index is 0.0589. The number of piperazine rings is 1. The summed E-state index contributed by atoms with van der Waals surface area (Å²) in [7, 11) is 2.09. The van der Waals surface area contributed by atoms with Crippen molar-refractivity contribution in [2.75, 3.05) is 32.0 Å². The molecule has 5 heteroatoms. The van der Waals surface area contributed by atoms with Crippen LogP contribution in [0.1, 0.15) is 11.6 Å². The molecule has 0 bridgehead atoms. The number of pyridine rings is 1. The van der Waals surface area contributed by atoms with Crippen LogP contribution < -0.4 is 5.32 Å². The highest BCUT2D eigenvalue weighted by atomic mass is 16.2. The number of aromatic nitrogens is 1. The lowest BCUT2D eigenvalue weighted by Crippen LogP contribution is -2.50. The zero-order chi connectivity index (χ0) is 15.4. The molecule has 1 saturated heterocycles. The van der Waals surface area contributed by atoms with Gasteiger partial charge >= 0.3 is 6.03 Å². The Bertz CT molecular complexity index is 617. The molecule has 3 rings (SSSR count). The van der Waals surface area contributed by atoms with Crippen molar-refractivity contribution in [3.05, 3.63) is 60.3 Å². The van der Waals surface area contributed by atoms with Crippen molar-refractivity contribution in [2.45, 2.75) is 6.04 Å². The van der Waals surface area contributed by atoms with Gasteiger partial charge in [-0.25, -0.2) is 9.78 Å². The molecule has 0 aliphatic carbocycles. The van der Waals surface area contributed by atoms with Gasteiger partial charge in [-0.15, -0.1) is 0 Å². The minimum atomic E-state index is -0.0966. The second-order valence-electron chi connectivity index (χ2n) is 5.53. The number of hydrogen-bond acceptors (Lipinski definition) is 3. The van der Waals surface area contributed by atoms with Crippen LogP contribution >= 0.6 is 0 Å². The van der Waals surface area contributed by atoms with Gasteiger partial charge in [0.05, 0.1) is 6.04 Å². The maximum absolute atomic E-state index is 12.6. The topological polar surface area (TPSA) is 48.5 Å². The molecule has 0 radical (unpaired) electrons. The quantitative estimate of drug-likeness (QED) is 0.926. The third kappa shape index (κ3) is 3.26. The normalized spacial score (nSPS) is 19.0. The second-order valence-corrected chi connectivity index (χ2v) is 5.53. The fraction of sp³-hybridized carbons (Fsp3) is 0.294. The summed E-state index contributed by atoms with van der Waals surface area (Å²) in [6, 6.07) is 15.6. The number of likely N-dealkylation sites (N-methyl/N-ethyl adjacent to an activating group) is 1. The average molecular weight is 296 g/mol. The van der Waals surface area contributed by atoms with Crippen LogP contribution in [0.3, 0.4) is 0 Å². The summed E-state index contributed by atoms with van der Waals surface area (Å²) in [6.07, 6.45) is 1.67. The Balaban J connectivity index is 1.79. The predicted octanol–water partition coefficient (Wildman–Crippen LogP) is 2.60. The Morgan fingerprint density at radius 3 is 2.64 bits per heavy atom. The first kappa shape index (κ1) is 14.5. The lowest BCUT2D eigenvalue weighted by Gasteiger charge is -2.40. The molecule has 1 atom stereocenters. The summed E-state index contributed by atoms with van der Waals surface area (Å²) < 4.78 is 0. The molecule has 0 unspecified atom stereocenters. The molecule has 1 N–H and O–H groups in total. The first-order valence-electron chi connectivity index (χ1n) is 7.46. The first-order chi connectivity index (χ1) is 10.7. The first-order valence-corrected chi connectivity index (χ1v) is 7.46. The van der Waals surface area contributed by atoms with Crippen molar-refractivity contribution >= 4 is 11.8 Å². The van der Waals surface area contributed by atoms with E-state index < -0.39 is 0 Å². The Kier molecular flexibility index (Phi) is 4.34. The third-order valence-electron chi connectivity index (χ3n) is 3.93. The summed E-state index contributed by atoms with van der Waals surface area (Å²) in [4.78, 5) is 20.9. The van der Waals surface area contributed by atoms with Gasteiger partial charge in [0.15, 0.2) is 0 Å². The van der Waals surface area contributed by atoms with E-state index in [2.05, 4.69) is 34.4 Å². The van der Waals surface area contributed by atoms with Crippen LogP contribution in [0.5, 0.6) is 0 Å². The monoisotopic (exact) mass is 296 g/mol.